The van der Waals surface area contributed by atoms with Gasteiger partial charge in [0, 0.05) is 19.6 Å². The van der Waals surface area contributed by atoms with E-state index in [0.29, 0.717) is 6.04 Å². The summed E-state index contributed by atoms with van der Waals surface area (Å²) in [5.41, 5.74) is 2.35. The Hall–Kier alpha value is -1.38. The fourth-order valence-corrected chi connectivity index (χ4v) is 2.06. The van der Waals surface area contributed by atoms with Crippen molar-refractivity contribution < 1.29 is 4.74 Å². The molecule has 0 aromatic heterocycles. The number of ether oxygens (including phenoxy) is 1. The second-order valence-corrected chi connectivity index (χ2v) is 3.98. The molecule has 1 aliphatic rings. The van der Waals surface area contributed by atoms with Crippen molar-refractivity contribution in [2.45, 2.75) is 19.4 Å². The molecule has 15 heavy (non-hydrogen) atoms. The van der Waals surface area contributed by atoms with E-state index in [0.717, 1.165) is 24.4 Å². The van der Waals surface area contributed by atoms with Crippen LogP contribution in [-0.4, -0.2) is 26.7 Å². The summed E-state index contributed by atoms with van der Waals surface area (Å²) in [5, 5.41) is 3.53. The normalized spacial score (nSPS) is 19.4. The molecule has 1 aromatic rings. The Kier molecular flexibility index (Phi) is 2.71. The molecule has 1 atom stereocenters. The van der Waals surface area contributed by atoms with Gasteiger partial charge in [-0.05, 0) is 18.6 Å². The molecule has 3 heteroatoms. The third-order valence-corrected chi connectivity index (χ3v) is 2.97. The van der Waals surface area contributed by atoms with Crippen molar-refractivity contribution in [2.24, 2.45) is 0 Å². The average Bonchev–Trinajstić information content (AvgIpc) is 2.28. The molecule has 0 spiro atoms. The highest BCUT2D eigenvalue weighted by Gasteiger charge is 2.22. The van der Waals surface area contributed by atoms with Gasteiger partial charge in [0.1, 0.15) is 11.4 Å². The first-order chi connectivity index (χ1) is 7.26. The van der Waals surface area contributed by atoms with Gasteiger partial charge in [0.25, 0.3) is 0 Å². The summed E-state index contributed by atoms with van der Waals surface area (Å²) in [4.78, 5) is 2.28. The lowest BCUT2D eigenvalue weighted by molar-refractivity contribution is 0.415. The lowest BCUT2D eigenvalue weighted by Gasteiger charge is -2.35. The van der Waals surface area contributed by atoms with Crippen LogP contribution in [0.4, 0.5) is 11.4 Å². The summed E-state index contributed by atoms with van der Waals surface area (Å²) in [6.07, 6.45) is 1.13. The predicted octanol–water partition coefficient (Wildman–Crippen LogP) is 2.34. The maximum Gasteiger partial charge on any atom is 0.144 e. The van der Waals surface area contributed by atoms with Crippen molar-refractivity contribution in [1.82, 2.24) is 0 Å². The first kappa shape index (κ1) is 10.1. The molecule has 3 nitrogen and oxygen atoms in total. The molecule has 0 aliphatic carbocycles. The maximum absolute atomic E-state index is 5.36. The van der Waals surface area contributed by atoms with Crippen LogP contribution in [0.5, 0.6) is 5.75 Å². The number of hydrogen-bond donors (Lipinski definition) is 1. The van der Waals surface area contributed by atoms with E-state index in [-0.39, 0.29) is 0 Å². The average molecular weight is 206 g/mol. The Labute approximate surface area is 91.0 Å². The molecule has 1 aliphatic heterocycles. The van der Waals surface area contributed by atoms with E-state index in [1.807, 2.05) is 12.1 Å². The van der Waals surface area contributed by atoms with E-state index in [2.05, 4.69) is 30.3 Å². The standard InChI is InChI=1S/C12H18N2O/c1-4-9-8-14(2)10-6-5-7-11(15-3)12(10)13-9/h5-7,9,13H,4,8H2,1-3H3. The van der Waals surface area contributed by atoms with Crippen molar-refractivity contribution >= 4 is 11.4 Å². The van der Waals surface area contributed by atoms with Crippen LogP contribution >= 0.6 is 0 Å². The number of nitrogens with zero attached hydrogens (tertiary/aromatic N) is 1. The van der Waals surface area contributed by atoms with Crippen LogP contribution in [-0.2, 0) is 0 Å². The highest BCUT2D eigenvalue weighted by Crippen LogP contribution is 2.37. The molecule has 1 heterocycles. The topological polar surface area (TPSA) is 24.5 Å². The maximum atomic E-state index is 5.36. The lowest BCUT2D eigenvalue weighted by atomic mass is 10.1. The zero-order valence-corrected chi connectivity index (χ0v) is 9.58. The van der Waals surface area contributed by atoms with E-state index in [4.69, 9.17) is 4.74 Å². The predicted molar refractivity (Wildman–Crippen MR) is 64.0 cm³/mol. The van der Waals surface area contributed by atoms with Gasteiger partial charge in [-0.15, -0.1) is 0 Å². The SMILES string of the molecule is CCC1CN(C)c2cccc(OC)c2N1. The van der Waals surface area contributed by atoms with Crippen molar-refractivity contribution in [1.29, 1.82) is 0 Å². The number of methoxy groups -OCH3 is 1. The van der Waals surface area contributed by atoms with Crippen LogP contribution in [0.3, 0.4) is 0 Å². The van der Waals surface area contributed by atoms with Gasteiger partial charge in [0.15, 0.2) is 0 Å². The highest BCUT2D eigenvalue weighted by atomic mass is 16.5. The van der Waals surface area contributed by atoms with Crippen LogP contribution in [0.15, 0.2) is 18.2 Å². The van der Waals surface area contributed by atoms with Gasteiger partial charge in [0.05, 0.1) is 12.8 Å². The molecule has 2 rings (SSSR count). The van der Waals surface area contributed by atoms with Gasteiger partial charge in [-0.1, -0.05) is 13.0 Å². The van der Waals surface area contributed by atoms with E-state index in [1.165, 1.54) is 5.69 Å². The number of nitrogens with one attached hydrogen (secondary N) is 1. The van der Waals surface area contributed by atoms with Gasteiger partial charge in [-0.3, -0.25) is 0 Å². The Morgan fingerprint density at radius 1 is 1.53 bits per heavy atom. The fourth-order valence-electron chi connectivity index (χ4n) is 2.06. The van der Waals surface area contributed by atoms with Crippen molar-refractivity contribution in [3.63, 3.8) is 0 Å². The summed E-state index contributed by atoms with van der Waals surface area (Å²) >= 11 is 0. The van der Waals surface area contributed by atoms with Crippen LogP contribution < -0.4 is 15.0 Å². The Bertz CT molecular complexity index is 351. The number of rotatable bonds is 2. The molecule has 0 bridgehead atoms. The summed E-state index contributed by atoms with van der Waals surface area (Å²) in [5.74, 6) is 0.928. The number of likely N-dealkylation sites (N-methyl/N-ethyl adjacent to an activating group) is 1. The van der Waals surface area contributed by atoms with Gasteiger partial charge in [0.2, 0.25) is 0 Å². The molecule has 1 unspecified atom stereocenters. The van der Waals surface area contributed by atoms with Crippen molar-refractivity contribution in [2.75, 3.05) is 30.9 Å². The third-order valence-electron chi connectivity index (χ3n) is 2.97. The van der Waals surface area contributed by atoms with Crippen molar-refractivity contribution in [3.05, 3.63) is 18.2 Å². The van der Waals surface area contributed by atoms with Crippen LogP contribution in [0, 0.1) is 0 Å². The largest absolute Gasteiger partial charge is 0.495 e. The highest BCUT2D eigenvalue weighted by molar-refractivity contribution is 5.78. The minimum absolute atomic E-state index is 0.513. The minimum atomic E-state index is 0.513. The molecular weight excluding hydrogens is 188 g/mol. The molecule has 1 N–H and O–H groups in total. The molecule has 0 amide bonds. The van der Waals surface area contributed by atoms with E-state index >= 15 is 0 Å². The van der Waals surface area contributed by atoms with Crippen LogP contribution in [0.2, 0.25) is 0 Å². The summed E-state index contributed by atoms with van der Waals surface area (Å²) in [7, 11) is 3.84. The molecule has 0 radical (unpaired) electrons. The van der Waals surface area contributed by atoms with Crippen LogP contribution in [0.1, 0.15) is 13.3 Å². The van der Waals surface area contributed by atoms with E-state index < -0.39 is 0 Å². The summed E-state index contributed by atoms with van der Waals surface area (Å²) < 4.78 is 5.36. The van der Waals surface area contributed by atoms with Crippen LogP contribution in [0.25, 0.3) is 0 Å². The zero-order valence-electron chi connectivity index (χ0n) is 9.58. The minimum Gasteiger partial charge on any atom is -0.495 e. The number of para-hydroxylation sites is 1. The molecule has 1 aromatic carbocycles. The fraction of sp³-hybridized carbons (Fsp3) is 0.500. The quantitative estimate of drug-likeness (QED) is 0.803. The zero-order chi connectivity index (χ0) is 10.8. The number of benzene rings is 1. The lowest BCUT2D eigenvalue weighted by Crippen LogP contribution is -2.38. The Morgan fingerprint density at radius 3 is 3.00 bits per heavy atom. The van der Waals surface area contributed by atoms with E-state index in [9.17, 15) is 0 Å². The first-order valence-electron chi connectivity index (χ1n) is 5.41. The van der Waals surface area contributed by atoms with Gasteiger partial charge < -0.3 is 15.0 Å². The first-order valence-corrected chi connectivity index (χ1v) is 5.41. The Morgan fingerprint density at radius 2 is 2.33 bits per heavy atom. The summed E-state index contributed by atoms with van der Waals surface area (Å²) in [6.45, 7) is 3.25. The number of fused-ring (bicyclic) bond motifs is 1. The molecule has 0 fully saturated rings. The molecule has 0 saturated heterocycles. The number of anilines is 2. The molecule has 0 saturated carbocycles. The summed E-state index contributed by atoms with van der Waals surface area (Å²) in [6, 6.07) is 6.66. The third kappa shape index (κ3) is 1.74. The van der Waals surface area contributed by atoms with Gasteiger partial charge in [-0.25, -0.2) is 0 Å². The van der Waals surface area contributed by atoms with Crippen molar-refractivity contribution in [3.8, 4) is 5.75 Å². The molecule has 82 valence electrons. The monoisotopic (exact) mass is 206 g/mol. The van der Waals surface area contributed by atoms with E-state index in [1.54, 1.807) is 7.11 Å². The Balaban J connectivity index is 2.40. The second-order valence-electron chi connectivity index (χ2n) is 3.98. The molecular formula is C12H18N2O. The second kappa shape index (κ2) is 4.01. The smallest absolute Gasteiger partial charge is 0.144 e. The van der Waals surface area contributed by atoms with Gasteiger partial charge in [-0.2, -0.15) is 0 Å². The number of hydrogen-bond acceptors (Lipinski definition) is 3. The van der Waals surface area contributed by atoms with Gasteiger partial charge >= 0.3 is 0 Å².